The molecule has 2 nitrogen and oxygen atoms in total. The van der Waals surface area contributed by atoms with Gasteiger partial charge < -0.3 is 5.32 Å². The minimum absolute atomic E-state index is 0.0359. The van der Waals surface area contributed by atoms with E-state index in [1.54, 1.807) is 6.07 Å². The zero-order valence-corrected chi connectivity index (χ0v) is 11.7. The summed E-state index contributed by atoms with van der Waals surface area (Å²) in [5.41, 5.74) is 0.449. The van der Waals surface area contributed by atoms with Crippen molar-refractivity contribution in [2.24, 2.45) is 0 Å². The average molecular weight is 326 g/mol. The van der Waals surface area contributed by atoms with Gasteiger partial charge in [-0.2, -0.15) is 0 Å². The van der Waals surface area contributed by atoms with Crippen molar-refractivity contribution in [1.29, 1.82) is 0 Å². The summed E-state index contributed by atoms with van der Waals surface area (Å²) in [6, 6.07) is 5.69. The number of nitrogens with one attached hydrogen (secondary N) is 1. The summed E-state index contributed by atoms with van der Waals surface area (Å²) in [7, 11) is 0. The van der Waals surface area contributed by atoms with Gasteiger partial charge in [0.1, 0.15) is 11.0 Å². The molecule has 0 bridgehead atoms. The summed E-state index contributed by atoms with van der Waals surface area (Å²) in [6.45, 7) is 0. The topological polar surface area (TPSA) is 24.9 Å². The van der Waals surface area contributed by atoms with Gasteiger partial charge in [0.05, 0.1) is 15.1 Å². The summed E-state index contributed by atoms with van der Waals surface area (Å²) in [6.07, 6.45) is 0. The van der Waals surface area contributed by atoms with E-state index in [1.165, 1.54) is 18.2 Å². The van der Waals surface area contributed by atoms with Crippen LogP contribution in [-0.2, 0) is 0 Å². The molecule has 2 rings (SSSR count). The molecular weight excluding hydrogens is 321 g/mol. The average Bonchev–Trinajstić information content (AvgIpc) is 2.31. The lowest BCUT2D eigenvalue weighted by molar-refractivity contribution is 0.629. The largest absolute Gasteiger partial charge is 0.339 e. The molecule has 2 aromatic rings. The van der Waals surface area contributed by atoms with Crippen LogP contribution >= 0.6 is 46.4 Å². The Morgan fingerprint density at radius 2 is 1.67 bits per heavy atom. The van der Waals surface area contributed by atoms with Gasteiger partial charge >= 0.3 is 0 Å². The standard InChI is InChI=1S/C11H5Cl4FN2/c12-6-2-1-5(3-9(6)16)17-11-8(14)4-7(13)10(15)18-11/h1-4H,(H,17,18). The van der Waals surface area contributed by atoms with Gasteiger partial charge in [0.15, 0.2) is 5.82 Å². The van der Waals surface area contributed by atoms with E-state index in [9.17, 15) is 4.39 Å². The number of benzene rings is 1. The van der Waals surface area contributed by atoms with Crippen LogP contribution in [0.5, 0.6) is 0 Å². The fourth-order valence-electron chi connectivity index (χ4n) is 1.24. The molecule has 0 fully saturated rings. The zero-order valence-electron chi connectivity index (χ0n) is 8.65. The lowest BCUT2D eigenvalue weighted by Gasteiger charge is -2.09. The maximum absolute atomic E-state index is 13.3. The van der Waals surface area contributed by atoms with E-state index >= 15 is 0 Å². The van der Waals surface area contributed by atoms with E-state index in [-0.39, 0.29) is 26.0 Å². The molecule has 0 unspecified atom stereocenters. The number of pyridine rings is 1. The van der Waals surface area contributed by atoms with Gasteiger partial charge in [-0.3, -0.25) is 0 Å². The van der Waals surface area contributed by atoms with Gasteiger partial charge in [-0.15, -0.1) is 0 Å². The summed E-state index contributed by atoms with van der Waals surface area (Å²) in [5.74, 6) is -0.259. The molecule has 0 aliphatic carbocycles. The van der Waals surface area contributed by atoms with Gasteiger partial charge in [-0.25, -0.2) is 9.37 Å². The molecule has 18 heavy (non-hydrogen) atoms. The van der Waals surface area contributed by atoms with Crippen LogP contribution in [0.25, 0.3) is 0 Å². The van der Waals surface area contributed by atoms with Crippen molar-refractivity contribution in [2.75, 3.05) is 5.32 Å². The van der Waals surface area contributed by atoms with Gasteiger partial charge in [0, 0.05) is 5.69 Å². The van der Waals surface area contributed by atoms with Gasteiger partial charge in [-0.05, 0) is 24.3 Å². The highest BCUT2D eigenvalue weighted by Gasteiger charge is 2.09. The molecule has 94 valence electrons. The molecule has 7 heteroatoms. The van der Waals surface area contributed by atoms with Crippen LogP contribution in [0.15, 0.2) is 24.3 Å². The Morgan fingerprint density at radius 1 is 0.944 bits per heavy atom. The van der Waals surface area contributed by atoms with E-state index < -0.39 is 5.82 Å². The van der Waals surface area contributed by atoms with Crippen molar-refractivity contribution < 1.29 is 4.39 Å². The van der Waals surface area contributed by atoms with E-state index in [0.717, 1.165) is 0 Å². The first-order valence-electron chi connectivity index (χ1n) is 4.71. The third-order valence-corrected chi connectivity index (χ3v) is 3.34. The van der Waals surface area contributed by atoms with Crippen molar-refractivity contribution >= 4 is 57.9 Å². The maximum Gasteiger partial charge on any atom is 0.151 e. The second-order valence-electron chi connectivity index (χ2n) is 3.35. The van der Waals surface area contributed by atoms with Crippen LogP contribution in [0, 0.1) is 5.82 Å². The Morgan fingerprint density at radius 3 is 2.33 bits per heavy atom. The summed E-state index contributed by atoms with van der Waals surface area (Å²) >= 11 is 23.0. The van der Waals surface area contributed by atoms with Crippen molar-refractivity contribution in [2.45, 2.75) is 0 Å². The van der Waals surface area contributed by atoms with Crippen LogP contribution in [0.2, 0.25) is 20.2 Å². The Bertz CT molecular complexity index is 604. The van der Waals surface area contributed by atoms with Gasteiger partial charge in [0.2, 0.25) is 0 Å². The second kappa shape index (κ2) is 5.49. The molecule has 1 aromatic carbocycles. The SMILES string of the molecule is Fc1cc(Nc2nc(Cl)c(Cl)cc2Cl)ccc1Cl. The third kappa shape index (κ3) is 2.98. The second-order valence-corrected chi connectivity index (χ2v) is 4.92. The molecule has 0 aliphatic heterocycles. The first-order valence-corrected chi connectivity index (χ1v) is 6.22. The highest BCUT2D eigenvalue weighted by atomic mass is 35.5. The Labute approximate surface area is 123 Å². The number of hydrogen-bond donors (Lipinski definition) is 1. The Hall–Kier alpha value is -0.740. The molecule has 0 aliphatic rings. The molecule has 1 N–H and O–H groups in total. The Balaban J connectivity index is 2.34. The van der Waals surface area contributed by atoms with Crippen molar-refractivity contribution in [3.05, 3.63) is 50.3 Å². The molecule has 0 atom stereocenters. The van der Waals surface area contributed by atoms with E-state index in [2.05, 4.69) is 10.3 Å². The first-order chi connectivity index (χ1) is 8.47. The molecule has 1 aromatic heterocycles. The van der Waals surface area contributed by atoms with Crippen LogP contribution < -0.4 is 5.32 Å². The van der Waals surface area contributed by atoms with Crippen LogP contribution in [-0.4, -0.2) is 4.98 Å². The Kier molecular flexibility index (Phi) is 4.17. The van der Waals surface area contributed by atoms with E-state index in [1.807, 2.05) is 0 Å². The third-order valence-electron chi connectivity index (χ3n) is 2.07. The summed E-state index contributed by atoms with van der Waals surface area (Å²) in [4.78, 5) is 3.95. The highest BCUT2D eigenvalue weighted by Crippen LogP contribution is 2.31. The monoisotopic (exact) mass is 324 g/mol. The van der Waals surface area contributed by atoms with Gasteiger partial charge in [-0.1, -0.05) is 46.4 Å². The number of rotatable bonds is 2. The normalized spacial score (nSPS) is 10.5. The van der Waals surface area contributed by atoms with Crippen LogP contribution in [0.1, 0.15) is 0 Å². The zero-order chi connectivity index (χ0) is 13.3. The molecular formula is C11H5Cl4FN2. The molecule has 0 radical (unpaired) electrons. The van der Waals surface area contributed by atoms with Crippen LogP contribution in [0.3, 0.4) is 0 Å². The van der Waals surface area contributed by atoms with E-state index in [0.29, 0.717) is 5.69 Å². The minimum Gasteiger partial charge on any atom is -0.339 e. The van der Waals surface area contributed by atoms with Crippen molar-refractivity contribution in [3.63, 3.8) is 0 Å². The maximum atomic E-state index is 13.3. The predicted octanol–water partition coefficient (Wildman–Crippen LogP) is 5.58. The summed E-state index contributed by atoms with van der Waals surface area (Å²) < 4.78 is 13.3. The first kappa shape index (κ1) is 13.7. The minimum atomic E-state index is -0.544. The predicted molar refractivity (Wildman–Crippen MR) is 74.0 cm³/mol. The lowest BCUT2D eigenvalue weighted by atomic mass is 10.3. The molecule has 0 spiro atoms. The number of aromatic nitrogens is 1. The highest BCUT2D eigenvalue weighted by molar-refractivity contribution is 6.43. The fraction of sp³-hybridized carbons (Fsp3) is 0. The summed E-state index contributed by atoms with van der Waals surface area (Å²) in [5, 5.41) is 3.49. The molecule has 0 amide bonds. The van der Waals surface area contributed by atoms with Crippen LogP contribution in [0.4, 0.5) is 15.9 Å². The fourth-order valence-corrected chi connectivity index (χ4v) is 1.90. The molecule has 0 saturated carbocycles. The number of halogens is 5. The lowest BCUT2D eigenvalue weighted by Crippen LogP contribution is -1.96. The van der Waals surface area contributed by atoms with Crippen molar-refractivity contribution in [1.82, 2.24) is 4.98 Å². The molecule has 1 heterocycles. The number of nitrogens with zero attached hydrogens (tertiary/aromatic N) is 1. The smallest absolute Gasteiger partial charge is 0.151 e. The van der Waals surface area contributed by atoms with E-state index in [4.69, 9.17) is 46.4 Å². The van der Waals surface area contributed by atoms with Crippen molar-refractivity contribution in [3.8, 4) is 0 Å². The quantitative estimate of drug-likeness (QED) is 0.729. The number of anilines is 2. The molecule has 0 saturated heterocycles. The van der Waals surface area contributed by atoms with Gasteiger partial charge in [0.25, 0.3) is 0 Å². The number of hydrogen-bond acceptors (Lipinski definition) is 2.